The van der Waals surface area contributed by atoms with Gasteiger partial charge in [-0.2, -0.15) is 0 Å². The Morgan fingerprint density at radius 3 is 2.96 bits per heavy atom. The predicted octanol–water partition coefficient (Wildman–Crippen LogP) is 3.26. The number of hydrogen-bond acceptors (Lipinski definition) is 3. The van der Waals surface area contributed by atoms with Crippen LogP contribution in [0.1, 0.15) is 43.0 Å². The van der Waals surface area contributed by atoms with Gasteiger partial charge < -0.3 is 14.2 Å². The zero-order valence-electron chi connectivity index (χ0n) is 15.6. The Morgan fingerprint density at radius 2 is 2.15 bits per heavy atom. The third-order valence-electron chi connectivity index (χ3n) is 5.12. The number of carbonyl (C=O) groups is 1. The van der Waals surface area contributed by atoms with E-state index in [1.165, 1.54) is 5.56 Å². The average Bonchev–Trinajstić information content (AvgIpc) is 3.16. The molecule has 1 amide bonds. The summed E-state index contributed by atoms with van der Waals surface area (Å²) in [7, 11) is 1.72. The summed E-state index contributed by atoms with van der Waals surface area (Å²) in [5.41, 5.74) is 1.30. The van der Waals surface area contributed by atoms with Crippen LogP contribution in [0.3, 0.4) is 0 Å². The van der Waals surface area contributed by atoms with Crippen molar-refractivity contribution in [3.8, 4) is 0 Å². The SMILES string of the molecule is COCCn1ccnc1C1CCCN(C(=O)CCCc2ccccc2)C1. The van der Waals surface area contributed by atoms with Crippen LogP contribution in [0.4, 0.5) is 0 Å². The second-order valence-electron chi connectivity index (χ2n) is 6.99. The van der Waals surface area contributed by atoms with Crippen LogP contribution in [-0.2, 0) is 22.5 Å². The second-order valence-corrected chi connectivity index (χ2v) is 6.99. The monoisotopic (exact) mass is 355 g/mol. The minimum absolute atomic E-state index is 0.278. The Morgan fingerprint density at radius 1 is 1.31 bits per heavy atom. The maximum Gasteiger partial charge on any atom is 0.222 e. The van der Waals surface area contributed by atoms with E-state index in [0.717, 1.165) is 51.1 Å². The minimum atomic E-state index is 0.278. The van der Waals surface area contributed by atoms with Crippen LogP contribution in [0, 0.1) is 0 Å². The summed E-state index contributed by atoms with van der Waals surface area (Å²) in [6, 6.07) is 10.4. The van der Waals surface area contributed by atoms with Gasteiger partial charge in [-0.25, -0.2) is 4.98 Å². The molecule has 0 saturated carbocycles. The summed E-state index contributed by atoms with van der Waals surface area (Å²) in [6.07, 6.45) is 8.50. The van der Waals surface area contributed by atoms with Crippen molar-refractivity contribution in [1.82, 2.24) is 14.5 Å². The van der Waals surface area contributed by atoms with Gasteiger partial charge in [0.1, 0.15) is 5.82 Å². The number of nitrogens with zero attached hydrogens (tertiary/aromatic N) is 3. The molecule has 26 heavy (non-hydrogen) atoms. The van der Waals surface area contributed by atoms with Gasteiger partial charge in [0.25, 0.3) is 0 Å². The first-order valence-electron chi connectivity index (χ1n) is 9.59. The van der Waals surface area contributed by atoms with Crippen molar-refractivity contribution in [3.63, 3.8) is 0 Å². The Hall–Kier alpha value is -2.14. The van der Waals surface area contributed by atoms with Crippen molar-refractivity contribution in [1.29, 1.82) is 0 Å². The summed E-state index contributed by atoms with van der Waals surface area (Å²) in [4.78, 5) is 19.2. The molecule has 140 valence electrons. The highest BCUT2D eigenvalue weighted by atomic mass is 16.5. The van der Waals surface area contributed by atoms with Gasteiger partial charge >= 0.3 is 0 Å². The molecule has 1 aliphatic heterocycles. The normalized spacial score (nSPS) is 17.4. The molecule has 5 nitrogen and oxygen atoms in total. The first kappa shape index (κ1) is 18.6. The number of imidazole rings is 1. The first-order chi connectivity index (χ1) is 12.8. The van der Waals surface area contributed by atoms with Gasteiger partial charge in [-0.15, -0.1) is 0 Å². The molecule has 0 N–H and O–H groups in total. The van der Waals surface area contributed by atoms with Crippen LogP contribution in [-0.4, -0.2) is 47.2 Å². The Bertz CT molecular complexity index is 684. The van der Waals surface area contributed by atoms with E-state index in [-0.39, 0.29) is 5.91 Å². The summed E-state index contributed by atoms with van der Waals surface area (Å²) in [6.45, 7) is 3.15. The van der Waals surface area contributed by atoms with E-state index in [1.54, 1.807) is 7.11 Å². The average molecular weight is 355 g/mol. The van der Waals surface area contributed by atoms with Crippen LogP contribution in [0.15, 0.2) is 42.7 Å². The van der Waals surface area contributed by atoms with Crippen molar-refractivity contribution in [2.24, 2.45) is 0 Å². The van der Waals surface area contributed by atoms with Gasteiger partial charge in [-0.1, -0.05) is 30.3 Å². The van der Waals surface area contributed by atoms with E-state index < -0.39 is 0 Å². The van der Waals surface area contributed by atoms with Gasteiger partial charge in [-0.05, 0) is 31.2 Å². The van der Waals surface area contributed by atoms with Crippen molar-refractivity contribution >= 4 is 5.91 Å². The lowest BCUT2D eigenvalue weighted by Gasteiger charge is -2.33. The summed E-state index contributed by atoms with van der Waals surface area (Å²) in [5.74, 6) is 1.69. The van der Waals surface area contributed by atoms with Gasteiger partial charge in [-0.3, -0.25) is 4.79 Å². The molecule has 3 rings (SSSR count). The molecule has 5 heteroatoms. The number of likely N-dealkylation sites (tertiary alicyclic amines) is 1. The highest BCUT2D eigenvalue weighted by Gasteiger charge is 2.27. The van der Waals surface area contributed by atoms with Crippen molar-refractivity contribution in [2.75, 3.05) is 26.8 Å². The summed E-state index contributed by atoms with van der Waals surface area (Å²) in [5, 5.41) is 0. The number of carbonyl (C=O) groups excluding carboxylic acids is 1. The van der Waals surface area contributed by atoms with Gasteiger partial charge in [0.15, 0.2) is 0 Å². The highest BCUT2D eigenvalue weighted by molar-refractivity contribution is 5.76. The third-order valence-corrected chi connectivity index (χ3v) is 5.12. The van der Waals surface area contributed by atoms with E-state index in [0.29, 0.717) is 18.9 Å². The predicted molar refractivity (Wildman–Crippen MR) is 102 cm³/mol. The molecule has 0 aliphatic carbocycles. The number of aryl methyl sites for hydroxylation is 1. The fourth-order valence-electron chi connectivity index (χ4n) is 3.72. The lowest BCUT2D eigenvalue weighted by Crippen LogP contribution is -2.39. The third kappa shape index (κ3) is 4.94. The topological polar surface area (TPSA) is 47.4 Å². The second kappa shape index (κ2) is 9.53. The molecule has 0 radical (unpaired) electrons. The Kier molecular flexibility index (Phi) is 6.83. The molecule has 1 aliphatic rings. The Labute approximate surface area is 156 Å². The van der Waals surface area contributed by atoms with Crippen molar-refractivity contribution in [3.05, 3.63) is 54.1 Å². The maximum atomic E-state index is 12.6. The lowest BCUT2D eigenvalue weighted by atomic mass is 9.96. The smallest absolute Gasteiger partial charge is 0.222 e. The molecule has 0 spiro atoms. The lowest BCUT2D eigenvalue weighted by molar-refractivity contribution is -0.132. The highest BCUT2D eigenvalue weighted by Crippen LogP contribution is 2.26. The van der Waals surface area contributed by atoms with E-state index in [1.807, 2.05) is 23.4 Å². The maximum absolute atomic E-state index is 12.6. The summed E-state index contributed by atoms with van der Waals surface area (Å²) < 4.78 is 7.35. The molecule has 2 heterocycles. The van der Waals surface area contributed by atoms with Crippen molar-refractivity contribution < 1.29 is 9.53 Å². The summed E-state index contributed by atoms with van der Waals surface area (Å²) >= 11 is 0. The molecule has 1 unspecified atom stereocenters. The van der Waals surface area contributed by atoms with E-state index in [4.69, 9.17) is 4.74 Å². The molecule has 1 aromatic carbocycles. The standard InChI is InChI=1S/C21H29N3O2/c1-26-16-15-23-14-12-22-21(23)19-10-6-13-24(17-19)20(25)11-5-9-18-7-3-2-4-8-18/h2-4,7-8,12,14,19H,5-6,9-11,13,15-17H2,1H3. The zero-order valence-corrected chi connectivity index (χ0v) is 15.6. The molecule has 1 aromatic heterocycles. The van der Waals surface area contributed by atoms with Crippen LogP contribution in [0.5, 0.6) is 0 Å². The minimum Gasteiger partial charge on any atom is -0.383 e. The number of amides is 1. The van der Waals surface area contributed by atoms with Crippen LogP contribution < -0.4 is 0 Å². The van der Waals surface area contributed by atoms with Crippen LogP contribution in [0.2, 0.25) is 0 Å². The van der Waals surface area contributed by atoms with Gasteiger partial charge in [0.2, 0.25) is 5.91 Å². The number of aromatic nitrogens is 2. The molecular formula is C21H29N3O2. The zero-order chi connectivity index (χ0) is 18.2. The largest absolute Gasteiger partial charge is 0.383 e. The van der Waals surface area contributed by atoms with Crippen LogP contribution >= 0.6 is 0 Å². The molecule has 1 fully saturated rings. The number of piperidine rings is 1. The Balaban J connectivity index is 1.51. The molecular weight excluding hydrogens is 326 g/mol. The molecule has 2 aromatic rings. The van der Waals surface area contributed by atoms with E-state index in [2.05, 4.69) is 33.8 Å². The fourth-order valence-corrected chi connectivity index (χ4v) is 3.72. The van der Waals surface area contributed by atoms with Gasteiger partial charge in [0.05, 0.1) is 6.61 Å². The molecule has 0 bridgehead atoms. The number of benzene rings is 1. The van der Waals surface area contributed by atoms with E-state index in [9.17, 15) is 4.79 Å². The van der Waals surface area contributed by atoms with Crippen molar-refractivity contribution in [2.45, 2.75) is 44.6 Å². The number of methoxy groups -OCH3 is 1. The quantitative estimate of drug-likeness (QED) is 0.730. The number of rotatable bonds is 8. The number of ether oxygens (including phenoxy) is 1. The molecule has 1 saturated heterocycles. The number of hydrogen-bond donors (Lipinski definition) is 0. The first-order valence-corrected chi connectivity index (χ1v) is 9.59. The van der Waals surface area contributed by atoms with E-state index >= 15 is 0 Å². The molecule has 1 atom stereocenters. The fraction of sp³-hybridized carbons (Fsp3) is 0.524. The van der Waals surface area contributed by atoms with Gasteiger partial charge in [0, 0.05) is 51.5 Å². The van der Waals surface area contributed by atoms with Crippen LogP contribution in [0.25, 0.3) is 0 Å².